The zero-order valence-corrected chi connectivity index (χ0v) is 18.4. The second-order valence-electron chi connectivity index (χ2n) is 9.13. The molecular weight excluding hydrogens is 386 g/mol. The molecular formula is C31H25N. The van der Waals surface area contributed by atoms with Gasteiger partial charge in [-0.05, 0) is 68.4 Å². The van der Waals surface area contributed by atoms with Gasteiger partial charge in [0.25, 0.3) is 0 Å². The van der Waals surface area contributed by atoms with Crippen LogP contribution in [-0.4, -0.2) is 0 Å². The first-order valence-electron chi connectivity index (χ1n) is 11.2. The molecule has 0 heterocycles. The van der Waals surface area contributed by atoms with Crippen LogP contribution in [0.1, 0.15) is 25.0 Å². The normalized spacial score (nSPS) is 13.6. The van der Waals surface area contributed by atoms with E-state index in [1.54, 1.807) is 0 Å². The van der Waals surface area contributed by atoms with E-state index >= 15 is 0 Å². The quantitative estimate of drug-likeness (QED) is 0.313. The molecule has 0 bridgehead atoms. The number of hydrogen-bond acceptors (Lipinski definition) is 1. The van der Waals surface area contributed by atoms with E-state index < -0.39 is 0 Å². The van der Waals surface area contributed by atoms with E-state index in [1.807, 2.05) is 18.2 Å². The van der Waals surface area contributed by atoms with Crippen molar-refractivity contribution in [2.75, 3.05) is 5.32 Å². The maximum Gasteiger partial charge on any atom is 0.0384 e. The molecule has 0 aromatic heterocycles. The summed E-state index contributed by atoms with van der Waals surface area (Å²) < 4.78 is 0. The first-order valence-corrected chi connectivity index (χ1v) is 11.2. The van der Waals surface area contributed by atoms with Gasteiger partial charge in [0.2, 0.25) is 0 Å². The first-order chi connectivity index (χ1) is 15.6. The van der Waals surface area contributed by atoms with Gasteiger partial charge in [0.15, 0.2) is 0 Å². The fourth-order valence-corrected chi connectivity index (χ4v) is 5.41. The number of hydrogen-bond donors (Lipinski definition) is 1. The molecule has 0 unspecified atom stereocenters. The fourth-order valence-electron chi connectivity index (χ4n) is 5.41. The molecule has 1 aliphatic carbocycles. The minimum absolute atomic E-state index is 0.0664. The number of para-hydroxylation sites is 1. The Bertz CT molecular complexity index is 1440. The highest BCUT2D eigenvalue weighted by Gasteiger charge is 2.38. The summed E-state index contributed by atoms with van der Waals surface area (Å²) in [6.45, 7) is 4.75. The Morgan fingerprint density at radius 1 is 0.500 bits per heavy atom. The maximum atomic E-state index is 3.49. The summed E-state index contributed by atoms with van der Waals surface area (Å²) in [4.78, 5) is 0. The van der Waals surface area contributed by atoms with Gasteiger partial charge in [-0.25, -0.2) is 0 Å². The Balaban J connectivity index is 1.46. The van der Waals surface area contributed by atoms with Gasteiger partial charge in [-0.1, -0.05) is 98.8 Å². The van der Waals surface area contributed by atoms with Gasteiger partial charge in [0.1, 0.15) is 0 Å². The van der Waals surface area contributed by atoms with Crippen molar-refractivity contribution in [2.45, 2.75) is 19.3 Å². The molecule has 5 aromatic rings. The van der Waals surface area contributed by atoms with Crippen molar-refractivity contribution < 1.29 is 0 Å². The van der Waals surface area contributed by atoms with Crippen molar-refractivity contribution in [3.63, 3.8) is 0 Å². The van der Waals surface area contributed by atoms with Crippen LogP contribution in [0.4, 0.5) is 11.4 Å². The van der Waals surface area contributed by atoms with E-state index in [0.29, 0.717) is 0 Å². The fraction of sp³-hybridized carbons (Fsp3) is 0.0968. The average Bonchev–Trinajstić information content (AvgIpc) is 3.08. The molecule has 1 nitrogen and oxygen atoms in total. The predicted molar refractivity (Wildman–Crippen MR) is 137 cm³/mol. The van der Waals surface area contributed by atoms with E-state index in [-0.39, 0.29) is 5.41 Å². The molecule has 0 atom stereocenters. The Kier molecular flexibility index (Phi) is 4.19. The van der Waals surface area contributed by atoms with Crippen LogP contribution in [-0.2, 0) is 5.41 Å². The molecule has 0 saturated heterocycles. The smallest absolute Gasteiger partial charge is 0.0384 e. The highest BCUT2D eigenvalue weighted by Crippen LogP contribution is 2.54. The molecule has 0 radical (unpaired) electrons. The van der Waals surface area contributed by atoms with Gasteiger partial charge in [-0.2, -0.15) is 0 Å². The third-order valence-electron chi connectivity index (χ3n) is 6.79. The van der Waals surface area contributed by atoms with Gasteiger partial charge < -0.3 is 5.32 Å². The van der Waals surface area contributed by atoms with Crippen LogP contribution in [0, 0.1) is 0 Å². The maximum absolute atomic E-state index is 3.49. The third kappa shape index (κ3) is 2.85. The second-order valence-corrected chi connectivity index (χ2v) is 9.13. The summed E-state index contributed by atoms with van der Waals surface area (Å²) in [7, 11) is 0. The van der Waals surface area contributed by atoms with Crippen molar-refractivity contribution in [3.8, 4) is 22.3 Å². The minimum Gasteiger partial charge on any atom is -0.356 e. The molecule has 0 spiro atoms. The number of nitrogens with one attached hydrogen (secondary N) is 1. The molecule has 154 valence electrons. The lowest BCUT2D eigenvalue weighted by atomic mass is 9.77. The topological polar surface area (TPSA) is 12.0 Å². The lowest BCUT2D eigenvalue weighted by molar-refractivity contribution is 0.668. The van der Waals surface area contributed by atoms with Crippen LogP contribution in [0.2, 0.25) is 0 Å². The van der Waals surface area contributed by atoms with E-state index in [2.05, 4.69) is 110 Å². The summed E-state index contributed by atoms with van der Waals surface area (Å²) in [5.41, 5.74) is 10.3. The van der Waals surface area contributed by atoms with Gasteiger partial charge in [-0.3, -0.25) is 0 Å². The van der Waals surface area contributed by atoms with Gasteiger partial charge in [0.05, 0.1) is 0 Å². The number of rotatable bonds is 3. The van der Waals surface area contributed by atoms with Crippen LogP contribution in [0.15, 0.2) is 109 Å². The molecule has 0 aliphatic heterocycles. The Hall–Kier alpha value is -3.84. The Labute approximate surface area is 189 Å². The minimum atomic E-state index is -0.0664. The van der Waals surface area contributed by atoms with E-state index in [1.165, 1.54) is 44.2 Å². The number of fused-ring (bicyclic) bond motifs is 5. The molecule has 1 N–H and O–H groups in total. The highest BCUT2D eigenvalue weighted by atomic mass is 14.9. The van der Waals surface area contributed by atoms with Crippen LogP contribution in [0.3, 0.4) is 0 Å². The first kappa shape index (κ1) is 18.9. The van der Waals surface area contributed by atoms with Crippen molar-refractivity contribution in [3.05, 3.63) is 120 Å². The molecule has 0 amide bonds. The van der Waals surface area contributed by atoms with Gasteiger partial charge in [0, 0.05) is 16.8 Å². The van der Waals surface area contributed by atoms with E-state index in [9.17, 15) is 0 Å². The van der Waals surface area contributed by atoms with Crippen LogP contribution in [0.5, 0.6) is 0 Å². The van der Waals surface area contributed by atoms with Crippen molar-refractivity contribution >= 4 is 22.1 Å². The zero-order chi connectivity index (χ0) is 21.7. The standard InChI is InChI=1S/C31H25N/c1-31(2)29-26(22-15-18-24(19-16-22)32-23-10-4-3-5-11-23)13-8-14-27(29)28-20-17-21-9-6-7-12-25(21)30(28)31/h3-20,32H,1-2H3. The summed E-state index contributed by atoms with van der Waals surface area (Å²) >= 11 is 0. The summed E-state index contributed by atoms with van der Waals surface area (Å²) in [6, 6.07) is 39.2. The average molecular weight is 412 g/mol. The van der Waals surface area contributed by atoms with E-state index in [4.69, 9.17) is 0 Å². The van der Waals surface area contributed by atoms with Crippen molar-refractivity contribution in [1.29, 1.82) is 0 Å². The van der Waals surface area contributed by atoms with E-state index in [0.717, 1.165) is 11.4 Å². The molecule has 1 aliphatic rings. The molecule has 5 aromatic carbocycles. The monoisotopic (exact) mass is 411 g/mol. The number of anilines is 2. The lowest BCUT2D eigenvalue weighted by Gasteiger charge is -2.26. The highest BCUT2D eigenvalue weighted by molar-refractivity contribution is 5.99. The van der Waals surface area contributed by atoms with Crippen LogP contribution >= 0.6 is 0 Å². The van der Waals surface area contributed by atoms with Crippen LogP contribution < -0.4 is 5.32 Å². The molecule has 6 rings (SSSR count). The van der Waals surface area contributed by atoms with Crippen molar-refractivity contribution in [2.24, 2.45) is 0 Å². The van der Waals surface area contributed by atoms with Gasteiger partial charge in [-0.15, -0.1) is 0 Å². The predicted octanol–water partition coefficient (Wildman–Crippen LogP) is 8.56. The number of benzene rings is 5. The molecule has 32 heavy (non-hydrogen) atoms. The lowest BCUT2D eigenvalue weighted by Crippen LogP contribution is -2.16. The Morgan fingerprint density at radius 3 is 1.97 bits per heavy atom. The summed E-state index contributed by atoms with van der Waals surface area (Å²) in [5, 5.41) is 6.16. The summed E-state index contributed by atoms with van der Waals surface area (Å²) in [5.74, 6) is 0. The zero-order valence-electron chi connectivity index (χ0n) is 18.4. The molecule has 0 saturated carbocycles. The third-order valence-corrected chi connectivity index (χ3v) is 6.79. The van der Waals surface area contributed by atoms with Crippen molar-refractivity contribution in [1.82, 2.24) is 0 Å². The largest absolute Gasteiger partial charge is 0.356 e. The Morgan fingerprint density at radius 2 is 1.16 bits per heavy atom. The van der Waals surface area contributed by atoms with Gasteiger partial charge >= 0.3 is 0 Å². The SMILES string of the molecule is CC1(C)c2c(-c3ccc(Nc4ccccc4)cc3)cccc2-c2ccc3ccccc3c21. The molecule has 0 fully saturated rings. The summed E-state index contributed by atoms with van der Waals surface area (Å²) in [6.07, 6.45) is 0. The van der Waals surface area contributed by atoms with Crippen LogP contribution in [0.25, 0.3) is 33.0 Å². The molecule has 1 heteroatoms. The second kappa shape index (κ2) is 7.10.